The summed E-state index contributed by atoms with van der Waals surface area (Å²) >= 11 is 0. The molecule has 1 aromatic carbocycles. The lowest BCUT2D eigenvalue weighted by Gasteiger charge is -2.27. The van der Waals surface area contributed by atoms with Crippen LogP contribution in [-0.2, 0) is 21.2 Å². The monoisotopic (exact) mass is 299 g/mol. The molecule has 0 heterocycles. The number of hydrogen-bond donors (Lipinski definition) is 2. The molecule has 0 bridgehead atoms. The van der Waals surface area contributed by atoms with Crippen molar-refractivity contribution >= 4 is 16.0 Å². The smallest absolute Gasteiger partial charge is 0.322 e. The summed E-state index contributed by atoms with van der Waals surface area (Å²) in [4.78, 5) is 11.2. The number of nitrogens with one attached hydrogen (secondary N) is 1. The fraction of sp³-hybridized carbons (Fsp3) is 0.500. The Hall–Kier alpha value is -1.40. The Morgan fingerprint density at radius 3 is 2.25 bits per heavy atom. The first-order valence-electron chi connectivity index (χ1n) is 6.38. The molecule has 0 saturated heterocycles. The van der Waals surface area contributed by atoms with Gasteiger partial charge in [-0.15, -0.1) is 0 Å². The zero-order valence-corrected chi connectivity index (χ0v) is 12.8. The first-order valence-corrected chi connectivity index (χ1v) is 8.04. The molecule has 2 N–H and O–H groups in total. The molecule has 0 aromatic heterocycles. The number of hydrogen-bond acceptors (Lipinski definition) is 3. The van der Waals surface area contributed by atoms with E-state index in [1.807, 2.05) is 30.3 Å². The second-order valence-corrected chi connectivity index (χ2v) is 7.68. The van der Waals surface area contributed by atoms with Crippen LogP contribution in [0.3, 0.4) is 0 Å². The Kier molecular flexibility index (Phi) is 5.30. The van der Waals surface area contributed by atoms with Crippen molar-refractivity contribution in [3.05, 3.63) is 35.9 Å². The van der Waals surface area contributed by atoms with Gasteiger partial charge in [0, 0.05) is 0 Å². The van der Waals surface area contributed by atoms with Gasteiger partial charge in [0.1, 0.15) is 6.04 Å². The predicted octanol–water partition coefficient (Wildman–Crippen LogP) is 1.65. The van der Waals surface area contributed by atoms with E-state index >= 15 is 0 Å². The van der Waals surface area contributed by atoms with Crippen LogP contribution in [0.1, 0.15) is 26.3 Å². The minimum atomic E-state index is -3.64. The molecule has 0 amide bonds. The summed E-state index contributed by atoms with van der Waals surface area (Å²) in [6, 6.07) is 8.08. The van der Waals surface area contributed by atoms with E-state index in [1.165, 1.54) is 0 Å². The van der Waals surface area contributed by atoms with E-state index in [0.29, 0.717) is 6.42 Å². The molecule has 0 fully saturated rings. The van der Waals surface area contributed by atoms with Crippen LogP contribution in [0.15, 0.2) is 30.3 Å². The second-order valence-electron chi connectivity index (χ2n) is 5.81. The van der Waals surface area contributed by atoms with Gasteiger partial charge in [0.05, 0.1) is 5.75 Å². The summed E-state index contributed by atoms with van der Waals surface area (Å²) < 4.78 is 26.3. The van der Waals surface area contributed by atoms with Crippen molar-refractivity contribution in [3.8, 4) is 0 Å². The van der Waals surface area contributed by atoms with E-state index in [0.717, 1.165) is 5.56 Å². The first-order chi connectivity index (χ1) is 9.12. The maximum atomic E-state index is 12.0. The summed E-state index contributed by atoms with van der Waals surface area (Å²) in [5.74, 6) is -1.29. The number of aliphatic carboxylic acids is 1. The summed E-state index contributed by atoms with van der Waals surface area (Å²) in [6.07, 6.45) is 0.354. The molecule has 0 aliphatic rings. The zero-order chi connectivity index (χ0) is 15.4. The summed E-state index contributed by atoms with van der Waals surface area (Å²) in [7, 11) is -3.64. The molecule has 0 unspecified atom stereocenters. The molecular weight excluding hydrogens is 278 g/mol. The lowest BCUT2D eigenvalue weighted by atomic mass is 9.88. The van der Waals surface area contributed by atoms with Gasteiger partial charge < -0.3 is 5.11 Å². The highest BCUT2D eigenvalue weighted by molar-refractivity contribution is 7.89. The Labute approximate surface area is 120 Å². The second kappa shape index (κ2) is 6.37. The third kappa shape index (κ3) is 5.30. The Morgan fingerprint density at radius 1 is 1.25 bits per heavy atom. The number of benzene rings is 1. The van der Waals surface area contributed by atoms with E-state index in [2.05, 4.69) is 4.72 Å². The van der Waals surface area contributed by atoms with E-state index in [-0.39, 0.29) is 5.75 Å². The molecule has 1 atom stereocenters. The number of aryl methyl sites for hydroxylation is 1. The number of carbonyl (C=O) groups is 1. The van der Waals surface area contributed by atoms with Gasteiger partial charge in [0.2, 0.25) is 10.0 Å². The van der Waals surface area contributed by atoms with Crippen LogP contribution in [0.25, 0.3) is 0 Å². The van der Waals surface area contributed by atoms with Crippen molar-refractivity contribution < 1.29 is 18.3 Å². The molecule has 1 rings (SSSR count). The molecule has 0 radical (unpaired) electrons. The molecule has 0 spiro atoms. The third-order valence-electron chi connectivity index (χ3n) is 2.91. The average molecular weight is 299 g/mol. The summed E-state index contributed by atoms with van der Waals surface area (Å²) in [6.45, 7) is 5.06. The molecular formula is C14H21NO4S. The maximum absolute atomic E-state index is 12.0. The third-order valence-corrected chi connectivity index (χ3v) is 4.25. The number of carboxylic acid groups (broad SMARTS) is 1. The molecule has 5 nitrogen and oxygen atoms in total. The fourth-order valence-electron chi connectivity index (χ4n) is 1.73. The topological polar surface area (TPSA) is 83.5 Å². The van der Waals surface area contributed by atoms with Crippen molar-refractivity contribution in [1.29, 1.82) is 0 Å². The lowest BCUT2D eigenvalue weighted by Crippen LogP contribution is -2.49. The number of carboxylic acids is 1. The number of rotatable bonds is 6. The Bertz CT molecular complexity index is 546. The van der Waals surface area contributed by atoms with Gasteiger partial charge in [-0.3, -0.25) is 4.79 Å². The molecule has 0 aliphatic carbocycles. The fourth-order valence-corrected chi connectivity index (χ4v) is 3.17. The minimum Gasteiger partial charge on any atom is -0.480 e. The molecule has 6 heteroatoms. The highest BCUT2D eigenvalue weighted by Crippen LogP contribution is 2.20. The predicted molar refractivity (Wildman–Crippen MR) is 77.9 cm³/mol. The zero-order valence-electron chi connectivity index (χ0n) is 12.0. The van der Waals surface area contributed by atoms with Crippen molar-refractivity contribution in [2.75, 3.05) is 5.75 Å². The quantitative estimate of drug-likeness (QED) is 0.836. The van der Waals surface area contributed by atoms with Crippen LogP contribution < -0.4 is 4.72 Å². The van der Waals surface area contributed by atoms with Crippen molar-refractivity contribution in [2.24, 2.45) is 5.41 Å². The SMILES string of the molecule is CC(C)(C)[C@H](NS(=O)(=O)CCc1ccccc1)C(=O)O. The van der Waals surface area contributed by atoms with Gasteiger partial charge in [-0.25, -0.2) is 13.1 Å². The van der Waals surface area contributed by atoms with Crippen molar-refractivity contribution in [2.45, 2.75) is 33.2 Å². The highest BCUT2D eigenvalue weighted by Gasteiger charge is 2.34. The number of sulfonamides is 1. The van der Waals surface area contributed by atoms with Gasteiger partial charge in [0.25, 0.3) is 0 Å². The van der Waals surface area contributed by atoms with E-state index in [4.69, 9.17) is 5.11 Å². The van der Waals surface area contributed by atoms with Gasteiger partial charge >= 0.3 is 5.97 Å². The van der Waals surface area contributed by atoms with Crippen LogP contribution in [0, 0.1) is 5.41 Å². The van der Waals surface area contributed by atoms with Crippen LogP contribution in [-0.4, -0.2) is 31.3 Å². The van der Waals surface area contributed by atoms with Gasteiger partial charge in [-0.05, 0) is 17.4 Å². The molecule has 1 aromatic rings. The van der Waals surface area contributed by atoms with Crippen molar-refractivity contribution in [1.82, 2.24) is 4.72 Å². The normalized spacial score (nSPS) is 13.9. The first kappa shape index (κ1) is 16.7. The molecule has 20 heavy (non-hydrogen) atoms. The molecule has 112 valence electrons. The van der Waals surface area contributed by atoms with E-state index < -0.39 is 27.4 Å². The van der Waals surface area contributed by atoms with Gasteiger partial charge in [0.15, 0.2) is 0 Å². The van der Waals surface area contributed by atoms with Crippen LogP contribution in [0.5, 0.6) is 0 Å². The maximum Gasteiger partial charge on any atom is 0.322 e. The van der Waals surface area contributed by atoms with Crippen LogP contribution in [0.4, 0.5) is 0 Å². The standard InChI is InChI=1S/C14H21NO4S/c1-14(2,3)12(13(16)17)15-20(18,19)10-9-11-7-5-4-6-8-11/h4-8,12,15H,9-10H2,1-3H3,(H,16,17)/t12-/m1/s1. The van der Waals surface area contributed by atoms with Gasteiger partial charge in [-0.2, -0.15) is 0 Å². The minimum absolute atomic E-state index is 0.128. The van der Waals surface area contributed by atoms with Crippen LogP contribution in [0.2, 0.25) is 0 Å². The van der Waals surface area contributed by atoms with E-state index in [9.17, 15) is 13.2 Å². The highest BCUT2D eigenvalue weighted by atomic mass is 32.2. The summed E-state index contributed by atoms with van der Waals surface area (Å²) in [5.41, 5.74) is 0.214. The van der Waals surface area contributed by atoms with Gasteiger partial charge in [-0.1, -0.05) is 51.1 Å². The van der Waals surface area contributed by atoms with Crippen molar-refractivity contribution in [3.63, 3.8) is 0 Å². The molecule has 0 saturated carbocycles. The summed E-state index contributed by atoms with van der Waals surface area (Å²) in [5, 5.41) is 9.13. The Morgan fingerprint density at radius 2 is 1.80 bits per heavy atom. The average Bonchev–Trinajstić information content (AvgIpc) is 2.33. The Balaban J connectivity index is 2.72. The largest absolute Gasteiger partial charge is 0.480 e. The van der Waals surface area contributed by atoms with E-state index in [1.54, 1.807) is 20.8 Å². The lowest BCUT2D eigenvalue weighted by molar-refractivity contribution is -0.141. The van der Waals surface area contributed by atoms with Crippen LogP contribution >= 0.6 is 0 Å². The molecule has 0 aliphatic heterocycles.